The number of aromatic nitrogens is 1. The summed E-state index contributed by atoms with van der Waals surface area (Å²) in [6, 6.07) is 23.8. The highest BCUT2D eigenvalue weighted by Crippen LogP contribution is 2.34. The van der Waals surface area contributed by atoms with Crippen molar-refractivity contribution in [2.45, 2.75) is 19.3 Å². The average molecular weight is 433 g/mol. The van der Waals surface area contributed by atoms with Gasteiger partial charge in [-0.3, -0.25) is 4.79 Å². The van der Waals surface area contributed by atoms with E-state index >= 15 is 0 Å². The van der Waals surface area contributed by atoms with Gasteiger partial charge in [-0.15, -0.1) is 0 Å². The molecule has 0 aliphatic carbocycles. The molecule has 1 aromatic heterocycles. The molecule has 158 valence electrons. The van der Waals surface area contributed by atoms with Crippen molar-refractivity contribution in [2.75, 3.05) is 13.2 Å². The van der Waals surface area contributed by atoms with Crippen LogP contribution in [-0.4, -0.2) is 24.0 Å². The SMILES string of the molecule is Cc1ccc(OCCC(=O)NCC(c2ccccc2Cl)c2c[nH]c3ccccc23)cc1. The molecule has 4 nitrogen and oxygen atoms in total. The van der Waals surface area contributed by atoms with Crippen LogP contribution in [0.3, 0.4) is 0 Å². The molecule has 0 fully saturated rings. The largest absolute Gasteiger partial charge is 0.493 e. The van der Waals surface area contributed by atoms with Gasteiger partial charge >= 0.3 is 0 Å². The molecule has 4 rings (SSSR count). The second kappa shape index (κ2) is 9.71. The fourth-order valence-electron chi connectivity index (χ4n) is 3.73. The first-order chi connectivity index (χ1) is 15.1. The summed E-state index contributed by atoms with van der Waals surface area (Å²) in [5, 5.41) is 4.88. The number of H-pyrrole nitrogens is 1. The lowest BCUT2D eigenvalue weighted by Gasteiger charge is -2.19. The van der Waals surface area contributed by atoms with E-state index in [1.807, 2.05) is 79.9 Å². The Labute approximate surface area is 187 Å². The first kappa shape index (κ1) is 21.0. The molecular formula is C26H25ClN2O2. The predicted molar refractivity (Wildman–Crippen MR) is 126 cm³/mol. The Morgan fingerprint density at radius 2 is 1.74 bits per heavy atom. The number of rotatable bonds is 8. The van der Waals surface area contributed by atoms with Gasteiger partial charge in [0.2, 0.25) is 5.91 Å². The molecule has 3 aromatic carbocycles. The number of hydrogen-bond acceptors (Lipinski definition) is 2. The molecule has 1 heterocycles. The molecule has 1 atom stereocenters. The lowest BCUT2D eigenvalue weighted by atomic mass is 9.90. The van der Waals surface area contributed by atoms with Crippen LogP contribution in [0.2, 0.25) is 5.02 Å². The summed E-state index contributed by atoms with van der Waals surface area (Å²) in [7, 11) is 0. The summed E-state index contributed by atoms with van der Waals surface area (Å²) in [6.07, 6.45) is 2.29. The van der Waals surface area contributed by atoms with Crippen LogP contribution in [0.1, 0.15) is 29.0 Å². The zero-order valence-corrected chi connectivity index (χ0v) is 18.2. The maximum atomic E-state index is 12.5. The number of carbonyl (C=O) groups excluding carboxylic acids is 1. The van der Waals surface area contributed by atoms with E-state index in [1.165, 1.54) is 5.56 Å². The van der Waals surface area contributed by atoms with Gasteiger partial charge in [0, 0.05) is 34.6 Å². The Balaban J connectivity index is 1.45. The van der Waals surface area contributed by atoms with Gasteiger partial charge in [0.1, 0.15) is 5.75 Å². The van der Waals surface area contributed by atoms with E-state index < -0.39 is 0 Å². The molecule has 0 saturated heterocycles. The molecule has 0 saturated carbocycles. The molecule has 4 aromatic rings. The molecule has 0 spiro atoms. The summed E-state index contributed by atoms with van der Waals surface area (Å²) < 4.78 is 5.69. The van der Waals surface area contributed by atoms with Crippen LogP contribution in [-0.2, 0) is 4.79 Å². The Kier molecular flexibility index (Phi) is 6.58. The van der Waals surface area contributed by atoms with Crippen molar-refractivity contribution in [1.82, 2.24) is 10.3 Å². The van der Waals surface area contributed by atoms with E-state index in [2.05, 4.69) is 16.4 Å². The highest BCUT2D eigenvalue weighted by molar-refractivity contribution is 6.31. The normalized spacial score (nSPS) is 11.9. The third kappa shape index (κ3) is 5.09. The highest BCUT2D eigenvalue weighted by Gasteiger charge is 2.21. The molecule has 5 heteroatoms. The topological polar surface area (TPSA) is 54.1 Å². The molecule has 2 N–H and O–H groups in total. The monoisotopic (exact) mass is 432 g/mol. The smallest absolute Gasteiger partial charge is 0.223 e. The van der Waals surface area contributed by atoms with E-state index in [4.69, 9.17) is 16.3 Å². The highest BCUT2D eigenvalue weighted by atomic mass is 35.5. The van der Waals surface area contributed by atoms with E-state index in [9.17, 15) is 4.79 Å². The average Bonchev–Trinajstić information content (AvgIpc) is 3.20. The zero-order chi connectivity index (χ0) is 21.6. The Morgan fingerprint density at radius 1 is 1.00 bits per heavy atom. The van der Waals surface area contributed by atoms with Crippen LogP contribution in [0.25, 0.3) is 10.9 Å². The van der Waals surface area contributed by atoms with Crippen molar-refractivity contribution in [3.63, 3.8) is 0 Å². The van der Waals surface area contributed by atoms with Crippen LogP contribution in [0.5, 0.6) is 5.75 Å². The summed E-state index contributed by atoms with van der Waals surface area (Å²) in [6.45, 7) is 2.81. The molecule has 0 bridgehead atoms. The molecule has 0 radical (unpaired) electrons. The van der Waals surface area contributed by atoms with Crippen LogP contribution in [0, 0.1) is 6.92 Å². The number of para-hydroxylation sites is 1. The number of nitrogens with one attached hydrogen (secondary N) is 2. The first-order valence-electron chi connectivity index (χ1n) is 10.4. The lowest BCUT2D eigenvalue weighted by Crippen LogP contribution is -2.30. The summed E-state index contributed by atoms with van der Waals surface area (Å²) in [4.78, 5) is 15.8. The lowest BCUT2D eigenvalue weighted by molar-refractivity contribution is -0.121. The number of halogens is 1. The van der Waals surface area contributed by atoms with Gasteiger partial charge in [0.05, 0.1) is 13.0 Å². The van der Waals surface area contributed by atoms with Gasteiger partial charge in [-0.2, -0.15) is 0 Å². The second-order valence-electron chi connectivity index (χ2n) is 7.58. The fourth-order valence-corrected chi connectivity index (χ4v) is 4.00. The molecule has 0 aliphatic rings. The fraction of sp³-hybridized carbons (Fsp3) is 0.192. The van der Waals surface area contributed by atoms with Crippen molar-refractivity contribution in [2.24, 2.45) is 0 Å². The second-order valence-corrected chi connectivity index (χ2v) is 7.99. The summed E-state index contributed by atoms with van der Waals surface area (Å²) >= 11 is 6.52. The van der Waals surface area contributed by atoms with Crippen molar-refractivity contribution < 1.29 is 9.53 Å². The number of amides is 1. The van der Waals surface area contributed by atoms with Gasteiger partial charge in [-0.25, -0.2) is 0 Å². The van der Waals surface area contributed by atoms with Crippen molar-refractivity contribution >= 4 is 28.4 Å². The molecule has 1 amide bonds. The van der Waals surface area contributed by atoms with Gasteiger partial charge < -0.3 is 15.0 Å². The van der Waals surface area contributed by atoms with E-state index in [0.29, 0.717) is 18.2 Å². The van der Waals surface area contributed by atoms with E-state index in [1.54, 1.807) is 0 Å². The minimum Gasteiger partial charge on any atom is -0.493 e. The number of ether oxygens (including phenoxy) is 1. The molecule has 1 unspecified atom stereocenters. The minimum absolute atomic E-state index is 0.0518. The van der Waals surface area contributed by atoms with Gasteiger partial charge in [0.15, 0.2) is 0 Å². The van der Waals surface area contributed by atoms with Gasteiger partial charge in [0.25, 0.3) is 0 Å². The third-order valence-electron chi connectivity index (χ3n) is 5.40. The molecule has 31 heavy (non-hydrogen) atoms. The van der Waals surface area contributed by atoms with Crippen LogP contribution < -0.4 is 10.1 Å². The Bertz CT molecular complexity index is 1170. The number of fused-ring (bicyclic) bond motifs is 1. The van der Waals surface area contributed by atoms with Crippen molar-refractivity contribution in [3.05, 3.63) is 101 Å². The maximum absolute atomic E-state index is 12.5. The van der Waals surface area contributed by atoms with Crippen molar-refractivity contribution in [3.8, 4) is 5.75 Å². The van der Waals surface area contributed by atoms with E-state index in [-0.39, 0.29) is 18.2 Å². The first-order valence-corrected chi connectivity index (χ1v) is 10.8. The number of aromatic amines is 1. The number of hydrogen-bond donors (Lipinski definition) is 2. The minimum atomic E-state index is -0.0631. The summed E-state index contributed by atoms with van der Waals surface area (Å²) in [5.41, 5.74) is 4.34. The van der Waals surface area contributed by atoms with Crippen LogP contribution in [0.4, 0.5) is 0 Å². The molecule has 0 aliphatic heterocycles. The zero-order valence-electron chi connectivity index (χ0n) is 17.4. The van der Waals surface area contributed by atoms with Crippen LogP contribution in [0.15, 0.2) is 79.0 Å². The van der Waals surface area contributed by atoms with E-state index in [0.717, 1.165) is 27.8 Å². The molecular weight excluding hydrogens is 408 g/mol. The maximum Gasteiger partial charge on any atom is 0.223 e. The predicted octanol–water partition coefficient (Wildman–Crippen LogP) is 5.85. The third-order valence-corrected chi connectivity index (χ3v) is 5.74. The Morgan fingerprint density at radius 3 is 2.55 bits per heavy atom. The quantitative estimate of drug-likeness (QED) is 0.367. The number of carbonyl (C=O) groups is 1. The standard InChI is InChI=1S/C26H25ClN2O2/c1-18-10-12-19(13-11-18)31-15-14-26(30)29-17-22(20-6-2-4-8-24(20)27)23-16-28-25-9-5-3-7-21(23)25/h2-13,16,22,28H,14-15,17H2,1H3,(H,29,30). The van der Waals surface area contributed by atoms with Crippen molar-refractivity contribution in [1.29, 1.82) is 0 Å². The van der Waals surface area contributed by atoms with Gasteiger partial charge in [-0.1, -0.05) is 65.7 Å². The number of benzene rings is 3. The Hall–Kier alpha value is -3.24. The summed E-state index contributed by atoms with van der Waals surface area (Å²) in [5.74, 6) is 0.655. The van der Waals surface area contributed by atoms with Gasteiger partial charge in [-0.05, 0) is 42.3 Å². The van der Waals surface area contributed by atoms with Crippen LogP contribution >= 0.6 is 11.6 Å². The number of aryl methyl sites for hydroxylation is 1.